The van der Waals surface area contributed by atoms with Crippen LogP contribution in [0.3, 0.4) is 0 Å². The van der Waals surface area contributed by atoms with E-state index in [4.69, 9.17) is 4.74 Å². The molecule has 0 fully saturated rings. The number of ether oxygens (including phenoxy) is 1. The Kier molecular flexibility index (Phi) is 10.5. The molecule has 3 amide bonds. The fraction of sp³-hybridized carbons (Fsp3) is 0.483. The van der Waals surface area contributed by atoms with Gasteiger partial charge in [-0.1, -0.05) is 50.1 Å². The SMILES string of the molecule is CCCCCN(C(=O)C(C)NC(=O)OC(C)(C)C)C(C(=O)Nc1c(C)cccc1C)c1ccc(O)cc1. The molecule has 37 heavy (non-hydrogen) atoms. The maximum Gasteiger partial charge on any atom is 0.408 e. The number of carbonyl (C=O) groups excluding carboxylic acids is 3. The first kappa shape index (κ1) is 29.7. The molecule has 202 valence electrons. The number of anilines is 1. The first-order chi connectivity index (χ1) is 17.3. The summed E-state index contributed by atoms with van der Waals surface area (Å²) in [6.45, 7) is 13.0. The van der Waals surface area contributed by atoms with Gasteiger partial charge in [-0.25, -0.2) is 4.79 Å². The Hall–Kier alpha value is -3.55. The fourth-order valence-corrected chi connectivity index (χ4v) is 4.03. The minimum Gasteiger partial charge on any atom is -0.508 e. The van der Waals surface area contributed by atoms with Crippen molar-refractivity contribution in [3.8, 4) is 5.75 Å². The predicted octanol–water partition coefficient (Wildman–Crippen LogP) is 5.62. The number of rotatable bonds is 10. The van der Waals surface area contributed by atoms with Crippen molar-refractivity contribution in [2.75, 3.05) is 11.9 Å². The second kappa shape index (κ2) is 13.1. The molecule has 0 saturated carbocycles. The number of phenols is 1. The minimum atomic E-state index is -0.980. The van der Waals surface area contributed by atoms with Gasteiger partial charge in [0.05, 0.1) is 0 Å². The van der Waals surface area contributed by atoms with Crippen molar-refractivity contribution in [3.63, 3.8) is 0 Å². The fourth-order valence-electron chi connectivity index (χ4n) is 4.03. The lowest BCUT2D eigenvalue weighted by molar-refractivity contribution is -0.140. The number of carbonyl (C=O) groups is 3. The lowest BCUT2D eigenvalue weighted by Gasteiger charge is -2.34. The van der Waals surface area contributed by atoms with Gasteiger partial charge in [-0.2, -0.15) is 0 Å². The number of alkyl carbamates (subject to hydrolysis) is 1. The van der Waals surface area contributed by atoms with Gasteiger partial charge < -0.3 is 25.4 Å². The summed E-state index contributed by atoms with van der Waals surface area (Å²) in [6.07, 6.45) is 1.79. The summed E-state index contributed by atoms with van der Waals surface area (Å²) in [5.41, 5.74) is 2.34. The van der Waals surface area contributed by atoms with Crippen LogP contribution in [0, 0.1) is 13.8 Å². The molecular weight excluding hydrogens is 470 g/mol. The van der Waals surface area contributed by atoms with E-state index >= 15 is 0 Å². The number of unbranched alkanes of at least 4 members (excludes halogenated alkanes) is 2. The first-order valence-corrected chi connectivity index (χ1v) is 12.8. The van der Waals surface area contributed by atoms with E-state index in [1.165, 1.54) is 17.0 Å². The quantitative estimate of drug-likeness (QED) is 0.359. The predicted molar refractivity (Wildman–Crippen MR) is 145 cm³/mol. The van der Waals surface area contributed by atoms with Crippen LogP contribution in [-0.2, 0) is 14.3 Å². The Morgan fingerprint density at radius 2 is 1.59 bits per heavy atom. The molecule has 0 heterocycles. The summed E-state index contributed by atoms with van der Waals surface area (Å²) in [5.74, 6) is -0.726. The van der Waals surface area contributed by atoms with Crippen LogP contribution in [-0.4, -0.2) is 46.1 Å². The number of phenolic OH excluding ortho intramolecular Hbond substituents is 1. The van der Waals surface area contributed by atoms with Gasteiger partial charge >= 0.3 is 6.09 Å². The topological polar surface area (TPSA) is 108 Å². The molecular formula is C29H41N3O5. The summed E-state index contributed by atoms with van der Waals surface area (Å²) in [5, 5.41) is 15.5. The summed E-state index contributed by atoms with van der Waals surface area (Å²) in [7, 11) is 0. The highest BCUT2D eigenvalue weighted by Crippen LogP contribution is 2.28. The summed E-state index contributed by atoms with van der Waals surface area (Å²) < 4.78 is 5.32. The number of aromatic hydroxyl groups is 1. The molecule has 0 radical (unpaired) electrons. The van der Waals surface area contributed by atoms with Crippen molar-refractivity contribution in [1.82, 2.24) is 10.2 Å². The van der Waals surface area contributed by atoms with E-state index in [1.54, 1.807) is 39.8 Å². The number of nitrogens with one attached hydrogen (secondary N) is 2. The van der Waals surface area contributed by atoms with Crippen LogP contribution in [0.5, 0.6) is 5.75 Å². The monoisotopic (exact) mass is 511 g/mol. The number of nitrogens with zero attached hydrogens (tertiary/aromatic N) is 1. The van der Waals surface area contributed by atoms with E-state index < -0.39 is 29.7 Å². The maximum absolute atomic E-state index is 13.8. The van der Waals surface area contributed by atoms with Gasteiger partial charge in [-0.3, -0.25) is 9.59 Å². The first-order valence-electron chi connectivity index (χ1n) is 12.8. The molecule has 0 aliphatic rings. The number of aryl methyl sites for hydroxylation is 2. The Bertz CT molecular complexity index is 1060. The standard InChI is InChI=1S/C29H41N3O5/c1-8-9-10-18-32(27(35)21(4)30-28(36)37-29(5,6)7)25(22-14-16-23(33)17-15-22)26(34)31-24-19(2)12-11-13-20(24)3/h11-17,21,25,33H,8-10,18H2,1-7H3,(H,30,36)(H,31,34). The molecule has 8 heteroatoms. The number of para-hydroxylation sites is 1. The van der Waals surface area contributed by atoms with Crippen LogP contribution in [0.4, 0.5) is 10.5 Å². The number of hydrogen-bond acceptors (Lipinski definition) is 5. The van der Waals surface area contributed by atoms with Crippen LogP contribution >= 0.6 is 0 Å². The van der Waals surface area contributed by atoms with Gasteiger partial charge in [0.2, 0.25) is 5.91 Å². The molecule has 0 saturated heterocycles. The van der Waals surface area contributed by atoms with E-state index in [9.17, 15) is 19.5 Å². The lowest BCUT2D eigenvalue weighted by atomic mass is 10.0. The number of amides is 3. The van der Waals surface area contributed by atoms with Crippen LogP contribution in [0.25, 0.3) is 0 Å². The van der Waals surface area contributed by atoms with E-state index in [1.807, 2.05) is 32.0 Å². The third-order valence-corrected chi connectivity index (χ3v) is 5.89. The van der Waals surface area contributed by atoms with Crippen LogP contribution < -0.4 is 10.6 Å². The summed E-state index contributed by atoms with van der Waals surface area (Å²) in [4.78, 5) is 41.5. The molecule has 2 rings (SSSR count). The molecule has 2 aromatic rings. The smallest absolute Gasteiger partial charge is 0.408 e. The van der Waals surface area contributed by atoms with E-state index in [2.05, 4.69) is 17.6 Å². The molecule has 2 atom stereocenters. The van der Waals surface area contributed by atoms with Crippen LogP contribution in [0.2, 0.25) is 0 Å². The van der Waals surface area contributed by atoms with Crippen molar-refractivity contribution in [3.05, 3.63) is 59.2 Å². The summed E-state index contributed by atoms with van der Waals surface area (Å²) in [6, 6.07) is 10.1. The van der Waals surface area contributed by atoms with Gasteiger partial charge in [0, 0.05) is 12.2 Å². The molecule has 2 unspecified atom stereocenters. The maximum atomic E-state index is 13.8. The second-order valence-corrected chi connectivity index (χ2v) is 10.4. The molecule has 0 aliphatic carbocycles. The van der Waals surface area contributed by atoms with Gasteiger partial charge in [0.15, 0.2) is 0 Å². The molecule has 0 aromatic heterocycles. The zero-order valence-corrected chi connectivity index (χ0v) is 23.1. The zero-order valence-electron chi connectivity index (χ0n) is 23.1. The van der Waals surface area contributed by atoms with E-state index in [-0.39, 0.29) is 11.7 Å². The van der Waals surface area contributed by atoms with Gasteiger partial charge in [0.1, 0.15) is 23.4 Å². The van der Waals surface area contributed by atoms with Crippen molar-refractivity contribution < 1.29 is 24.2 Å². The van der Waals surface area contributed by atoms with E-state index in [0.717, 1.165) is 24.0 Å². The Labute approximate surface area is 220 Å². The van der Waals surface area contributed by atoms with Crippen LogP contribution in [0.15, 0.2) is 42.5 Å². The Morgan fingerprint density at radius 3 is 2.14 bits per heavy atom. The highest BCUT2D eigenvalue weighted by Gasteiger charge is 2.35. The third-order valence-electron chi connectivity index (χ3n) is 5.89. The minimum absolute atomic E-state index is 0.0569. The number of benzene rings is 2. The number of hydrogen-bond donors (Lipinski definition) is 3. The molecule has 8 nitrogen and oxygen atoms in total. The van der Waals surface area contributed by atoms with Crippen molar-refractivity contribution >= 4 is 23.6 Å². The highest BCUT2D eigenvalue weighted by molar-refractivity contribution is 5.99. The summed E-state index contributed by atoms with van der Waals surface area (Å²) >= 11 is 0. The molecule has 0 spiro atoms. The van der Waals surface area contributed by atoms with Gasteiger partial charge in [-0.15, -0.1) is 0 Å². The normalized spacial score (nSPS) is 12.8. The van der Waals surface area contributed by atoms with Crippen LogP contribution in [0.1, 0.15) is 76.6 Å². The molecule has 3 N–H and O–H groups in total. The Morgan fingerprint density at radius 1 is 1.00 bits per heavy atom. The average molecular weight is 512 g/mol. The lowest BCUT2D eigenvalue weighted by Crippen LogP contribution is -2.51. The largest absolute Gasteiger partial charge is 0.508 e. The van der Waals surface area contributed by atoms with E-state index in [0.29, 0.717) is 24.2 Å². The zero-order chi connectivity index (χ0) is 27.8. The molecule has 0 aliphatic heterocycles. The second-order valence-electron chi connectivity index (χ2n) is 10.4. The molecule has 2 aromatic carbocycles. The third kappa shape index (κ3) is 8.81. The van der Waals surface area contributed by atoms with Gasteiger partial charge in [0.25, 0.3) is 5.91 Å². The van der Waals surface area contributed by atoms with Crippen molar-refractivity contribution in [1.29, 1.82) is 0 Å². The van der Waals surface area contributed by atoms with Crippen molar-refractivity contribution in [2.45, 2.75) is 85.4 Å². The van der Waals surface area contributed by atoms with Crippen molar-refractivity contribution in [2.24, 2.45) is 0 Å². The molecule has 0 bridgehead atoms. The van der Waals surface area contributed by atoms with Gasteiger partial charge in [-0.05, 0) is 76.8 Å². The average Bonchev–Trinajstić information content (AvgIpc) is 2.80. The highest BCUT2D eigenvalue weighted by atomic mass is 16.6. The Balaban J connectivity index is 2.46.